The molecule has 0 aliphatic heterocycles. The van der Waals surface area contributed by atoms with E-state index in [1.165, 1.54) is 41.0 Å². The average Bonchev–Trinajstić information content (AvgIpc) is 2.92. The lowest BCUT2D eigenvalue weighted by Crippen LogP contribution is -2.12. The van der Waals surface area contributed by atoms with Crippen molar-refractivity contribution in [3.63, 3.8) is 0 Å². The maximum Gasteiger partial charge on any atom is 0.267 e. The largest absolute Gasteiger partial charge is 0.397 e. The quantitative estimate of drug-likeness (QED) is 0.707. The lowest BCUT2D eigenvalue weighted by Gasteiger charge is -2.14. The van der Waals surface area contributed by atoms with Crippen LogP contribution in [0.1, 0.15) is 44.9 Å². The summed E-state index contributed by atoms with van der Waals surface area (Å²) in [4.78, 5) is 18.9. The molecule has 2 aromatic heterocycles. The molecule has 0 saturated carbocycles. The van der Waals surface area contributed by atoms with Gasteiger partial charge in [0.05, 0.1) is 5.69 Å². The Hall–Kier alpha value is -2.40. The Balaban J connectivity index is 1.69. The van der Waals surface area contributed by atoms with Crippen LogP contribution in [0.3, 0.4) is 0 Å². The molecule has 25 heavy (non-hydrogen) atoms. The number of anilines is 2. The van der Waals surface area contributed by atoms with Crippen LogP contribution in [0.15, 0.2) is 24.3 Å². The Morgan fingerprint density at radius 2 is 1.96 bits per heavy atom. The Morgan fingerprint density at radius 1 is 1.16 bits per heavy atom. The smallest absolute Gasteiger partial charge is 0.267 e. The van der Waals surface area contributed by atoms with Crippen molar-refractivity contribution in [1.29, 1.82) is 0 Å². The predicted molar refractivity (Wildman–Crippen MR) is 105 cm³/mol. The Bertz CT molecular complexity index is 990. The second-order valence-electron chi connectivity index (χ2n) is 6.75. The van der Waals surface area contributed by atoms with Crippen LogP contribution >= 0.6 is 11.3 Å². The highest BCUT2D eigenvalue weighted by Crippen LogP contribution is 2.35. The van der Waals surface area contributed by atoms with Crippen LogP contribution in [0.25, 0.3) is 10.2 Å². The van der Waals surface area contributed by atoms with Crippen LogP contribution in [0.4, 0.5) is 11.4 Å². The van der Waals surface area contributed by atoms with Crippen LogP contribution in [0, 0.1) is 13.8 Å². The van der Waals surface area contributed by atoms with Gasteiger partial charge < -0.3 is 11.1 Å². The maximum absolute atomic E-state index is 12.7. The third-order valence-electron chi connectivity index (χ3n) is 4.97. The van der Waals surface area contributed by atoms with Crippen molar-refractivity contribution in [2.45, 2.75) is 39.5 Å². The van der Waals surface area contributed by atoms with Crippen molar-refractivity contribution in [2.24, 2.45) is 0 Å². The number of nitrogen functional groups attached to an aromatic ring is 1. The van der Waals surface area contributed by atoms with Crippen molar-refractivity contribution >= 4 is 38.8 Å². The molecule has 1 amide bonds. The first-order valence-electron chi connectivity index (χ1n) is 8.62. The number of nitrogens with zero attached hydrogens (tertiary/aromatic N) is 1. The van der Waals surface area contributed by atoms with Gasteiger partial charge in [-0.05, 0) is 74.4 Å². The molecule has 0 atom stereocenters. The van der Waals surface area contributed by atoms with Gasteiger partial charge in [-0.1, -0.05) is 6.07 Å². The molecule has 4 rings (SSSR count). The third-order valence-corrected chi connectivity index (χ3v) is 6.08. The molecule has 4 nitrogen and oxygen atoms in total. The number of carbonyl (C=O) groups is 1. The van der Waals surface area contributed by atoms with Gasteiger partial charge in [0.2, 0.25) is 0 Å². The zero-order chi connectivity index (χ0) is 17.6. The number of nitrogens with one attached hydrogen (secondary N) is 1. The molecule has 0 saturated heterocycles. The molecule has 2 heterocycles. The van der Waals surface area contributed by atoms with E-state index in [1.54, 1.807) is 0 Å². The number of hydrogen-bond donors (Lipinski definition) is 2. The molecule has 3 aromatic rings. The van der Waals surface area contributed by atoms with E-state index in [-0.39, 0.29) is 5.91 Å². The minimum Gasteiger partial charge on any atom is -0.397 e. The number of aryl methyl sites for hydroxylation is 4. The number of aromatic nitrogens is 1. The van der Waals surface area contributed by atoms with Gasteiger partial charge in [-0.3, -0.25) is 4.79 Å². The maximum atomic E-state index is 12.7. The van der Waals surface area contributed by atoms with Gasteiger partial charge in [0, 0.05) is 16.8 Å². The van der Waals surface area contributed by atoms with Crippen molar-refractivity contribution in [3.05, 3.63) is 51.5 Å². The molecule has 0 fully saturated rings. The number of fused-ring (bicyclic) bond motifs is 2. The van der Waals surface area contributed by atoms with Crippen LogP contribution in [-0.4, -0.2) is 10.9 Å². The van der Waals surface area contributed by atoms with Crippen LogP contribution in [0.5, 0.6) is 0 Å². The van der Waals surface area contributed by atoms with Crippen LogP contribution < -0.4 is 11.1 Å². The van der Waals surface area contributed by atoms with E-state index in [0.717, 1.165) is 34.3 Å². The number of amides is 1. The summed E-state index contributed by atoms with van der Waals surface area (Å²) in [5.41, 5.74) is 12.4. The number of rotatable bonds is 2. The number of nitrogens with two attached hydrogens (primary N) is 1. The summed E-state index contributed by atoms with van der Waals surface area (Å²) in [6.07, 6.45) is 4.46. The van der Waals surface area contributed by atoms with Crippen molar-refractivity contribution in [3.8, 4) is 0 Å². The van der Waals surface area contributed by atoms with Gasteiger partial charge in [-0.15, -0.1) is 11.3 Å². The second-order valence-corrected chi connectivity index (χ2v) is 7.75. The SMILES string of the molecule is Cc1ccc(NC(=O)c2sc3nc4c(cc3c2N)CCCC4)cc1C. The summed E-state index contributed by atoms with van der Waals surface area (Å²) in [6.45, 7) is 4.09. The van der Waals surface area contributed by atoms with Gasteiger partial charge in [0.15, 0.2) is 0 Å². The first-order chi connectivity index (χ1) is 12.0. The van der Waals surface area contributed by atoms with Crippen LogP contribution in [0.2, 0.25) is 0 Å². The highest BCUT2D eigenvalue weighted by atomic mass is 32.1. The average molecular weight is 351 g/mol. The second kappa shape index (κ2) is 6.15. The number of thiophene rings is 1. The molecule has 0 radical (unpaired) electrons. The van der Waals surface area contributed by atoms with Gasteiger partial charge in [-0.25, -0.2) is 4.98 Å². The molecule has 1 aromatic carbocycles. The van der Waals surface area contributed by atoms with Gasteiger partial charge in [0.1, 0.15) is 9.71 Å². The summed E-state index contributed by atoms with van der Waals surface area (Å²) in [5.74, 6) is -0.165. The monoisotopic (exact) mass is 351 g/mol. The number of benzene rings is 1. The molecule has 3 N–H and O–H groups in total. The lowest BCUT2D eigenvalue weighted by molar-refractivity contribution is 0.103. The molecule has 128 valence electrons. The summed E-state index contributed by atoms with van der Waals surface area (Å²) in [7, 11) is 0. The molecular formula is C20H21N3OS. The van der Waals surface area contributed by atoms with Crippen LogP contribution in [-0.2, 0) is 12.8 Å². The molecule has 1 aliphatic carbocycles. The molecule has 0 unspecified atom stereocenters. The number of carbonyl (C=O) groups excluding carboxylic acids is 1. The van der Waals surface area contributed by atoms with Crippen molar-refractivity contribution in [1.82, 2.24) is 4.98 Å². The fourth-order valence-corrected chi connectivity index (χ4v) is 4.33. The summed E-state index contributed by atoms with van der Waals surface area (Å²) in [6, 6.07) is 8.04. The van der Waals surface area contributed by atoms with E-state index >= 15 is 0 Å². The zero-order valence-electron chi connectivity index (χ0n) is 14.5. The fourth-order valence-electron chi connectivity index (χ4n) is 3.34. The molecule has 0 spiro atoms. The third kappa shape index (κ3) is 2.89. The topological polar surface area (TPSA) is 68.0 Å². The molecular weight excluding hydrogens is 330 g/mol. The molecule has 1 aliphatic rings. The lowest BCUT2D eigenvalue weighted by atomic mass is 9.95. The number of pyridine rings is 1. The van der Waals surface area contributed by atoms with Gasteiger partial charge in [0.25, 0.3) is 5.91 Å². The predicted octanol–water partition coefficient (Wildman–Crippen LogP) is 4.63. The van der Waals surface area contributed by atoms with E-state index in [0.29, 0.717) is 10.6 Å². The van der Waals surface area contributed by atoms with Crippen molar-refractivity contribution in [2.75, 3.05) is 11.1 Å². The van der Waals surface area contributed by atoms with E-state index in [2.05, 4.69) is 18.3 Å². The van der Waals surface area contributed by atoms with E-state index < -0.39 is 0 Å². The van der Waals surface area contributed by atoms with E-state index in [4.69, 9.17) is 10.7 Å². The number of hydrogen-bond acceptors (Lipinski definition) is 4. The summed E-state index contributed by atoms with van der Waals surface area (Å²) in [5, 5.41) is 3.87. The first kappa shape index (κ1) is 16.1. The van der Waals surface area contributed by atoms with E-state index in [1.807, 2.05) is 25.1 Å². The highest BCUT2D eigenvalue weighted by Gasteiger charge is 2.20. The minimum atomic E-state index is -0.165. The van der Waals surface area contributed by atoms with Gasteiger partial charge in [-0.2, -0.15) is 0 Å². The van der Waals surface area contributed by atoms with Gasteiger partial charge >= 0.3 is 0 Å². The fraction of sp³-hybridized carbons (Fsp3) is 0.300. The standard InChI is InChI=1S/C20H21N3OS/c1-11-7-8-14(9-12(11)2)22-19(24)18-17(21)15-10-13-5-3-4-6-16(13)23-20(15)25-18/h7-10H,3-6,21H2,1-2H3,(H,22,24). The minimum absolute atomic E-state index is 0.165. The van der Waals surface area contributed by atoms with E-state index in [9.17, 15) is 4.79 Å². The highest BCUT2D eigenvalue weighted by molar-refractivity contribution is 7.21. The first-order valence-corrected chi connectivity index (χ1v) is 9.44. The Kier molecular flexibility index (Phi) is 3.96. The Labute approximate surface area is 151 Å². The summed E-state index contributed by atoms with van der Waals surface area (Å²) >= 11 is 1.38. The molecule has 0 bridgehead atoms. The molecule has 5 heteroatoms. The normalized spacial score (nSPS) is 13.7. The Morgan fingerprint density at radius 3 is 2.76 bits per heavy atom. The summed E-state index contributed by atoms with van der Waals surface area (Å²) < 4.78 is 0. The zero-order valence-corrected chi connectivity index (χ0v) is 15.3. The van der Waals surface area contributed by atoms with Crippen molar-refractivity contribution < 1.29 is 4.79 Å².